The highest BCUT2D eigenvalue weighted by Crippen LogP contribution is 2.59. The molecule has 10 rings (SSSR count). The van der Waals surface area contributed by atoms with Crippen molar-refractivity contribution in [2.45, 2.75) is 90.1 Å². The minimum absolute atomic E-state index is 0.0375. The minimum Gasteiger partial charge on any atom is -0.489 e. The number of piperazine rings is 1. The van der Waals surface area contributed by atoms with E-state index in [-0.39, 0.29) is 53.2 Å². The number of halogens is 1. The van der Waals surface area contributed by atoms with Crippen LogP contribution in [-0.4, -0.2) is 107 Å². The number of fused-ring (bicyclic) bond motifs is 2. The van der Waals surface area contributed by atoms with E-state index in [1.807, 2.05) is 23.1 Å². The van der Waals surface area contributed by atoms with Gasteiger partial charge in [0.25, 0.3) is 17.7 Å². The Labute approximate surface area is 360 Å². The molecule has 1 unspecified atom stereocenters. The van der Waals surface area contributed by atoms with E-state index in [4.69, 9.17) is 16.3 Å². The summed E-state index contributed by atoms with van der Waals surface area (Å²) in [5.74, 6) is -0.672. The molecule has 2 aliphatic carbocycles. The smallest absolute Gasteiger partial charge is 0.262 e. The molecule has 0 aromatic heterocycles. The Balaban J connectivity index is 0.726. The second-order valence-electron chi connectivity index (χ2n) is 19.4. The molecule has 3 saturated heterocycles. The molecule has 14 heteroatoms. The van der Waals surface area contributed by atoms with Gasteiger partial charge in [0.05, 0.1) is 21.7 Å². The second-order valence-corrected chi connectivity index (χ2v) is 19.8. The van der Waals surface area contributed by atoms with Crippen molar-refractivity contribution in [1.82, 2.24) is 20.0 Å². The minimum atomic E-state index is -0.971. The van der Waals surface area contributed by atoms with Gasteiger partial charge in [0.15, 0.2) is 0 Å². The number of ether oxygens (including phenoxy) is 1. The first-order valence-electron chi connectivity index (χ1n) is 21.5. The number of nitriles is 1. The Hall–Kier alpha value is -5.45. The molecule has 1 atom stereocenters. The van der Waals surface area contributed by atoms with E-state index in [1.54, 1.807) is 24.3 Å². The molecule has 5 fully saturated rings. The van der Waals surface area contributed by atoms with Crippen LogP contribution in [0.3, 0.4) is 0 Å². The first-order chi connectivity index (χ1) is 29.1. The molecule has 61 heavy (non-hydrogen) atoms. The highest BCUT2D eigenvalue weighted by molar-refractivity contribution is 6.31. The molecule has 2 saturated carbocycles. The van der Waals surface area contributed by atoms with Gasteiger partial charge in [-0.05, 0) is 85.7 Å². The van der Waals surface area contributed by atoms with E-state index in [2.05, 4.69) is 65.9 Å². The third kappa shape index (κ3) is 6.15. The summed E-state index contributed by atoms with van der Waals surface area (Å²) >= 11 is 6.31. The predicted octanol–water partition coefficient (Wildman–Crippen LogP) is 5.63. The molecule has 0 bridgehead atoms. The number of carbonyl (C=O) groups excluding carboxylic acids is 5. The molecule has 5 aliphatic heterocycles. The highest BCUT2D eigenvalue weighted by Gasteiger charge is 2.67. The van der Waals surface area contributed by atoms with Gasteiger partial charge in [0.2, 0.25) is 11.8 Å². The number of hydrogen-bond donors (Lipinski definition) is 1. The number of nitrogens with zero attached hydrogens (tertiary/aromatic N) is 6. The van der Waals surface area contributed by atoms with Crippen molar-refractivity contribution in [3.63, 3.8) is 0 Å². The van der Waals surface area contributed by atoms with Gasteiger partial charge >= 0.3 is 0 Å². The summed E-state index contributed by atoms with van der Waals surface area (Å²) in [7, 11) is 0. The Morgan fingerprint density at radius 3 is 2.20 bits per heavy atom. The van der Waals surface area contributed by atoms with Crippen molar-refractivity contribution < 1.29 is 28.7 Å². The number of carbonyl (C=O) groups is 5. The van der Waals surface area contributed by atoms with Gasteiger partial charge in [0, 0.05) is 97.6 Å². The molecular formula is C47H50ClN7O6. The van der Waals surface area contributed by atoms with Gasteiger partial charge in [-0.25, -0.2) is 0 Å². The third-order valence-electron chi connectivity index (χ3n) is 15.0. The topological polar surface area (TPSA) is 147 Å². The average molecular weight is 844 g/mol. The lowest BCUT2D eigenvalue weighted by Gasteiger charge is -2.65. The number of rotatable bonds is 8. The quantitative estimate of drug-likeness (QED) is 0.283. The third-order valence-corrected chi connectivity index (χ3v) is 15.3. The lowest BCUT2D eigenvalue weighted by molar-refractivity contribution is -0.199. The number of imide groups is 2. The number of nitrogens with one attached hydrogen (secondary N) is 1. The maximum absolute atomic E-state index is 13.9. The fourth-order valence-corrected chi connectivity index (χ4v) is 12.7. The number of benzene rings is 3. The molecule has 0 radical (unpaired) electrons. The number of piperidine rings is 1. The van der Waals surface area contributed by atoms with E-state index in [0.717, 1.165) is 85.9 Å². The number of hydrogen-bond acceptors (Lipinski definition) is 10. The zero-order valence-corrected chi connectivity index (χ0v) is 35.8. The fraction of sp³-hybridized carbons (Fsp3) is 0.489. The summed E-state index contributed by atoms with van der Waals surface area (Å²) in [6, 6.07) is 18.0. The van der Waals surface area contributed by atoms with Crippen LogP contribution in [0.15, 0.2) is 54.6 Å². The maximum Gasteiger partial charge on any atom is 0.262 e. The van der Waals surface area contributed by atoms with E-state index >= 15 is 0 Å². The molecule has 316 valence electrons. The summed E-state index contributed by atoms with van der Waals surface area (Å²) in [4.78, 5) is 75.3. The van der Waals surface area contributed by atoms with Crippen molar-refractivity contribution in [2.75, 3.05) is 49.1 Å². The Morgan fingerprint density at radius 1 is 0.820 bits per heavy atom. The molecule has 5 heterocycles. The molecule has 7 aliphatic rings. The lowest BCUT2D eigenvalue weighted by atomic mass is 9.49. The van der Waals surface area contributed by atoms with Crippen LogP contribution in [0.2, 0.25) is 5.02 Å². The summed E-state index contributed by atoms with van der Waals surface area (Å²) in [6.07, 6.45) is 3.33. The molecule has 3 aromatic rings. The molecule has 1 N–H and O–H groups in total. The van der Waals surface area contributed by atoms with Gasteiger partial charge in [-0.2, -0.15) is 5.26 Å². The van der Waals surface area contributed by atoms with Crippen LogP contribution in [0.25, 0.3) is 0 Å². The largest absolute Gasteiger partial charge is 0.489 e. The summed E-state index contributed by atoms with van der Waals surface area (Å²) < 4.78 is 6.51. The van der Waals surface area contributed by atoms with Crippen LogP contribution in [0.4, 0.5) is 11.4 Å². The first kappa shape index (κ1) is 39.7. The Bertz CT molecular complexity index is 2450. The van der Waals surface area contributed by atoms with Crippen molar-refractivity contribution in [3.05, 3.63) is 87.4 Å². The van der Waals surface area contributed by atoms with E-state index in [0.29, 0.717) is 39.9 Å². The van der Waals surface area contributed by atoms with E-state index < -0.39 is 23.8 Å². The lowest BCUT2D eigenvalue weighted by Crippen LogP contribution is -2.74. The van der Waals surface area contributed by atoms with Crippen molar-refractivity contribution >= 4 is 52.5 Å². The molecule has 1 spiro atoms. The van der Waals surface area contributed by atoms with Crippen LogP contribution in [-0.2, 0) is 16.1 Å². The SMILES string of the molecule is CC1(C)[C@H](Oc2ccc(C#N)c(Cl)c2)C(C)(C)[C@H]1N1Cc2cc(N3CCN(CC4CC5(CCN5c5ccc6c(c5)C(=O)N(C5CCC(=O)NC5=O)C6=O)C4)CC3)ccc2C1=O. The fourth-order valence-electron chi connectivity index (χ4n) is 12.4. The average Bonchev–Trinajstić information content (AvgIpc) is 3.64. The van der Waals surface area contributed by atoms with Crippen molar-refractivity contribution in [2.24, 2.45) is 16.7 Å². The maximum atomic E-state index is 13.9. The molecule has 3 aromatic carbocycles. The van der Waals surface area contributed by atoms with Crippen molar-refractivity contribution in [1.29, 1.82) is 5.26 Å². The van der Waals surface area contributed by atoms with E-state index in [1.165, 1.54) is 0 Å². The number of amides is 5. The van der Waals surface area contributed by atoms with Gasteiger partial charge in [0.1, 0.15) is 24.0 Å². The molecule has 13 nitrogen and oxygen atoms in total. The van der Waals surface area contributed by atoms with Crippen molar-refractivity contribution in [3.8, 4) is 11.8 Å². The summed E-state index contributed by atoms with van der Waals surface area (Å²) in [6.45, 7) is 14.9. The van der Waals surface area contributed by atoms with Gasteiger partial charge in [-0.1, -0.05) is 39.3 Å². The predicted molar refractivity (Wildman–Crippen MR) is 227 cm³/mol. The Kier molecular flexibility index (Phi) is 9.13. The van der Waals surface area contributed by atoms with Crippen LogP contribution >= 0.6 is 11.6 Å². The second kappa shape index (κ2) is 14.0. The normalized spacial score (nSPS) is 26.4. The highest BCUT2D eigenvalue weighted by atomic mass is 35.5. The zero-order chi connectivity index (χ0) is 42.7. The van der Waals surface area contributed by atoms with Gasteiger partial charge in [-0.15, -0.1) is 0 Å². The Morgan fingerprint density at radius 2 is 1.52 bits per heavy atom. The summed E-state index contributed by atoms with van der Waals surface area (Å²) in [5.41, 5.74) is 4.39. The van der Waals surface area contributed by atoms with E-state index in [9.17, 15) is 29.2 Å². The van der Waals surface area contributed by atoms with Gasteiger partial charge < -0.3 is 19.4 Å². The van der Waals surface area contributed by atoms with Crippen LogP contribution in [0, 0.1) is 28.1 Å². The van der Waals surface area contributed by atoms with Crippen LogP contribution in [0.5, 0.6) is 5.75 Å². The first-order valence-corrected chi connectivity index (χ1v) is 21.9. The zero-order valence-electron chi connectivity index (χ0n) is 35.0. The molecule has 5 amide bonds. The van der Waals surface area contributed by atoms with Crippen LogP contribution in [0.1, 0.15) is 102 Å². The number of anilines is 2. The molecular weight excluding hydrogens is 794 g/mol. The summed E-state index contributed by atoms with van der Waals surface area (Å²) in [5, 5.41) is 11.9. The standard InChI is InChI=1S/C47H50ClN7O6/c1-45(2)43(46(3,4)44(45)61-32-8-5-28(24-49)36(48)21-32)53-26-29-19-30(6-9-33(29)40(53)58)52-17-15-51(16-18-52)25-27-22-47(23-27)13-14-54(47)31-7-10-34-35(20-31)42(60)55(41(34)59)37-11-12-38(56)50-39(37)57/h5-10,19-21,27,37,43-44H,11-18,22-23,25-26H2,1-4H3,(H,50,56,57)/t27?,37?,43-,44-,47?. The van der Waals surface area contributed by atoms with Gasteiger partial charge in [-0.3, -0.25) is 39.1 Å². The van der Waals surface area contributed by atoms with Crippen LogP contribution < -0.4 is 19.9 Å². The monoisotopic (exact) mass is 843 g/mol.